The smallest absolute Gasteiger partial charge is 0.339 e. The van der Waals surface area contributed by atoms with Gasteiger partial charge in [-0.1, -0.05) is 0 Å². The topological polar surface area (TPSA) is 74.6 Å². The summed E-state index contributed by atoms with van der Waals surface area (Å²) < 4.78 is 0. The van der Waals surface area contributed by atoms with Gasteiger partial charge in [-0.25, -0.2) is 9.59 Å². The molecule has 4 aliphatic carbocycles. The molecular formula is C15H18O4. The summed E-state index contributed by atoms with van der Waals surface area (Å²) in [6, 6.07) is 0. The molecule has 4 aliphatic rings. The van der Waals surface area contributed by atoms with E-state index in [-0.39, 0.29) is 11.5 Å². The number of carbonyl (C=O) groups is 2. The van der Waals surface area contributed by atoms with Gasteiger partial charge in [-0.2, -0.15) is 0 Å². The summed E-state index contributed by atoms with van der Waals surface area (Å²) in [6.45, 7) is 0. The first-order valence-electron chi connectivity index (χ1n) is 6.97. The number of rotatable bonds is 3. The molecule has 0 spiro atoms. The fraction of sp³-hybridized carbons (Fsp3) is 0.667. The lowest BCUT2D eigenvalue weighted by molar-refractivity contribution is -0.135. The zero-order valence-electron chi connectivity index (χ0n) is 10.7. The third-order valence-corrected chi connectivity index (χ3v) is 5.14. The summed E-state index contributed by atoms with van der Waals surface area (Å²) in [5.74, 6) is 0.280. The highest BCUT2D eigenvalue weighted by atomic mass is 16.4. The average molecular weight is 262 g/mol. The molecule has 4 nitrogen and oxygen atoms in total. The highest BCUT2D eigenvalue weighted by molar-refractivity contribution is 5.89. The Morgan fingerprint density at radius 1 is 0.947 bits per heavy atom. The van der Waals surface area contributed by atoms with Crippen LogP contribution in [-0.4, -0.2) is 22.2 Å². The molecule has 102 valence electrons. The van der Waals surface area contributed by atoms with E-state index in [0.29, 0.717) is 11.8 Å². The molecule has 4 saturated carbocycles. The predicted octanol–water partition coefficient (Wildman–Crippen LogP) is 2.31. The first kappa shape index (κ1) is 12.5. The van der Waals surface area contributed by atoms with Gasteiger partial charge in [0.1, 0.15) is 0 Å². The lowest BCUT2D eigenvalue weighted by Gasteiger charge is -2.54. The van der Waals surface area contributed by atoms with Crippen molar-refractivity contribution in [3.63, 3.8) is 0 Å². The molecule has 4 fully saturated rings. The summed E-state index contributed by atoms with van der Waals surface area (Å²) in [5.41, 5.74) is 2.73. The van der Waals surface area contributed by atoms with Gasteiger partial charge in [0.2, 0.25) is 0 Å². The maximum absolute atomic E-state index is 11.4. The first-order valence-corrected chi connectivity index (χ1v) is 6.97. The molecule has 0 radical (unpaired) electrons. The summed E-state index contributed by atoms with van der Waals surface area (Å²) in [4.78, 5) is 22.0. The van der Waals surface area contributed by atoms with Crippen molar-refractivity contribution >= 4 is 11.9 Å². The Morgan fingerprint density at radius 3 is 1.89 bits per heavy atom. The molecule has 0 amide bonds. The van der Waals surface area contributed by atoms with Crippen molar-refractivity contribution in [2.45, 2.75) is 32.1 Å². The fourth-order valence-corrected chi connectivity index (χ4v) is 4.84. The predicted molar refractivity (Wildman–Crippen MR) is 67.4 cm³/mol. The SMILES string of the molecule is O=C(O)C=C=C(C(=O)O)C1C2CC3CC(C2)CC1C3. The van der Waals surface area contributed by atoms with Gasteiger partial charge in [0.05, 0.1) is 11.6 Å². The van der Waals surface area contributed by atoms with Crippen molar-refractivity contribution in [2.24, 2.45) is 29.6 Å². The minimum absolute atomic E-state index is 0.0147. The van der Waals surface area contributed by atoms with Crippen molar-refractivity contribution in [1.29, 1.82) is 0 Å². The molecule has 0 aromatic rings. The molecule has 0 heterocycles. The minimum Gasteiger partial charge on any atom is -0.478 e. The first-order chi connectivity index (χ1) is 9.04. The molecule has 4 rings (SSSR count). The van der Waals surface area contributed by atoms with E-state index in [1.54, 1.807) is 0 Å². The Kier molecular flexibility index (Phi) is 2.98. The largest absolute Gasteiger partial charge is 0.478 e. The Balaban J connectivity index is 1.93. The molecule has 0 saturated heterocycles. The summed E-state index contributed by atoms with van der Waals surface area (Å²) in [5, 5.41) is 18.0. The second-order valence-corrected chi connectivity index (χ2v) is 6.30. The number of carboxylic acids is 2. The Hall–Kier alpha value is -1.54. The molecular weight excluding hydrogens is 244 g/mol. The molecule has 19 heavy (non-hydrogen) atoms. The lowest BCUT2D eigenvalue weighted by Crippen LogP contribution is -2.46. The van der Waals surface area contributed by atoms with E-state index >= 15 is 0 Å². The van der Waals surface area contributed by atoms with E-state index in [4.69, 9.17) is 5.11 Å². The average Bonchev–Trinajstić information content (AvgIpc) is 2.30. The highest BCUT2D eigenvalue weighted by Crippen LogP contribution is 2.58. The van der Waals surface area contributed by atoms with Crippen LogP contribution in [0.2, 0.25) is 0 Å². The second-order valence-electron chi connectivity index (χ2n) is 6.30. The molecule has 0 aromatic carbocycles. The van der Waals surface area contributed by atoms with Crippen LogP contribution in [0.5, 0.6) is 0 Å². The van der Waals surface area contributed by atoms with Crippen molar-refractivity contribution < 1.29 is 19.8 Å². The Morgan fingerprint density at radius 2 is 1.47 bits per heavy atom. The zero-order valence-corrected chi connectivity index (χ0v) is 10.7. The summed E-state index contributed by atoms with van der Waals surface area (Å²) >= 11 is 0. The van der Waals surface area contributed by atoms with E-state index < -0.39 is 11.9 Å². The van der Waals surface area contributed by atoms with E-state index in [1.807, 2.05) is 0 Å². The third kappa shape index (κ3) is 2.21. The van der Waals surface area contributed by atoms with Gasteiger partial charge in [0.25, 0.3) is 0 Å². The van der Waals surface area contributed by atoms with E-state index in [2.05, 4.69) is 5.73 Å². The molecule has 2 N–H and O–H groups in total. The van der Waals surface area contributed by atoms with Gasteiger partial charge in [-0.05, 0) is 55.8 Å². The number of hydrogen-bond acceptors (Lipinski definition) is 2. The van der Waals surface area contributed by atoms with Crippen molar-refractivity contribution in [2.75, 3.05) is 0 Å². The standard InChI is InChI=1S/C15H18O4/c16-13(17)2-1-12(15(18)19)14-10-4-8-3-9(6-10)7-11(14)5-8/h2,8-11,14H,3-7H2,(H,16,17)(H,18,19). The van der Waals surface area contributed by atoms with E-state index in [0.717, 1.165) is 43.6 Å². The monoisotopic (exact) mass is 262 g/mol. The van der Waals surface area contributed by atoms with Gasteiger partial charge in [-0.15, -0.1) is 5.73 Å². The number of carboxylic acid groups (broad SMARTS) is 2. The van der Waals surface area contributed by atoms with Gasteiger partial charge in [0.15, 0.2) is 0 Å². The molecule has 4 bridgehead atoms. The summed E-state index contributed by atoms with van der Waals surface area (Å²) in [6.07, 6.45) is 6.62. The van der Waals surface area contributed by atoms with Gasteiger partial charge in [0, 0.05) is 5.92 Å². The maximum atomic E-state index is 11.4. The van der Waals surface area contributed by atoms with Gasteiger partial charge < -0.3 is 10.2 Å². The third-order valence-electron chi connectivity index (χ3n) is 5.14. The van der Waals surface area contributed by atoms with Crippen LogP contribution in [0, 0.1) is 29.6 Å². The van der Waals surface area contributed by atoms with Crippen LogP contribution in [0.3, 0.4) is 0 Å². The lowest BCUT2D eigenvalue weighted by atomic mass is 9.50. The van der Waals surface area contributed by atoms with Crippen LogP contribution in [-0.2, 0) is 9.59 Å². The number of aliphatic carboxylic acids is 2. The minimum atomic E-state index is -1.14. The van der Waals surface area contributed by atoms with Gasteiger partial charge in [-0.3, -0.25) is 0 Å². The van der Waals surface area contributed by atoms with Crippen molar-refractivity contribution in [1.82, 2.24) is 0 Å². The fourth-order valence-electron chi connectivity index (χ4n) is 4.84. The maximum Gasteiger partial charge on any atom is 0.339 e. The Labute approximate surface area is 111 Å². The van der Waals surface area contributed by atoms with Crippen LogP contribution < -0.4 is 0 Å². The quantitative estimate of drug-likeness (QED) is 0.604. The van der Waals surface area contributed by atoms with Crippen molar-refractivity contribution in [3.8, 4) is 0 Å². The second kappa shape index (κ2) is 4.53. The van der Waals surface area contributed by atoms with Crippen LogP contribution in [0.4, 0.5) is 0 Å². The van der Waals surface area contributed by atoms with Crippen LogP contribution in [0.15, 0.2) is 17.4 Å². The molecule has 0 aliphatic heterocycles. The molecule has 0 unspecified atom stereocenters. The number of hydrogen-bond donors (Lipinski definition) is 2. The van der Waals surface area contributed by atoms with Crippen LogP contribution in [0.1, 0.15) is 32.1 Å². The highest BCUT2D eigenvalue weighted by Gasteiger charge is 2.50. The van der Waals surface area contributed by atoms with E-state index in [1.165, 1.54) is 6.42 Å². The van der Waals surface area contributed by atoms with Crippen LogP contribution >= 0.6 is 0 Å². The molecule has 0 atom stereocenters. The van der Waals surface area contributed by atoms with Gasteiger partial charge >= 0.3 is 11.9 Å². The summed E-state index contributed by atoms with van der Waals surface area (Å²) in [7, 11) is 0. The molecule has 4 heteroatoms. The molecule has 0 aromatic heterocycles. The van der Waals surface area contributed by atoms with Crippen molar-refractivity contribution in [3.05, 3.63) is 17.4 Å². The normalized spacial score (nSPS) is 38.6. The van der Waals surface area contributed by atoms with Crippen LogP contribution in [0.25, 0.3) is 0 Å². The van der Waals surface area contributed by atoms with E-state index in [9.17, 15) is 14.7 Å². The zero-order chi connectivity index (χ0) is 13.6. The Bertz CT molecular complexity index is 456.